The molecule has 2 aromatic carbocycles. The summed E-state index contributed by atoms with van der Waals surface area (Å²) in [6, 6.07) is 19.7. The number of halogens is 1. The number of aromatic nitrogens is 1. The number of pyridine rings is 1. The van der Waals surface area contributed by atoms with Crippen LogP contribution in [0.3, 0.4) is 0 Å². The van der Waals surface area contributed by atoms with Crippen LogP contribution in [-0.2, 0) is 12.8 Å². The number of carbonyl (C=O) groups is 1. The molecule has 2 heterocycles. The van der Waals surface area contributed by atoms with E-state index < -0.39 is 0 Å². The van der Waals surface area contributed by atoms with E-state index in [4.69, 9.17) is 4.98 Å². The minimum atomic E-state index is -0.219. The molecule has 6 heteroatoms. The largest absolute Gasteiger partial charge is 0.312 e. The molecule has 1 amide bonds. The average molecular weight is 502 g/mol. The zero-order valence-electron chi connectivity index (χ0n) is 17.5. The smallest absolute Gasteiger partial charge is 0.257 e. The highest BCUT2D eigenvalue weighted by Gasteiger charge is 2.25. The molecule has 1 N–H and O–H groups in total. The van der Waals surface area contributed by atoms with Gasteiger partial charge in [-0.2, -0.15) is 5.26 Å². The molecule has 0 spiro atoms. The van der Waals surface area contributed by atoms with Gasteiger partial charge < -0.3 is 5.32 Å². The molecule has 32 heavy (non-hydrogen) atoms. The standard InChI is InChI=1S/C26H20BrN3OS/c1-15-9-10-19-21(14-28)26(32-24(19)11-15)30-25(31)20-13-23(16-5-4-6-17(27)12-16)29-22-8-3-2-7-18(20)22/h2-8,12-13,15H,9-11H2,1H3,(H,30,31). The SMILES string of the molecule is CC1CCc2c(sc(NC(=O)c3cc(-c4cccc(Br)c4)nc4ccccc34)c2C#N)C1. The van der Waals surface area contributed by atoms with Crippen molar-refractivity contribution in [3.8, 4) is 17.3 Å². The first-order chi connectivity index (χ1) is 15.5. The van der Waals surface area contributed by atoms with E-state index in [9.17, 15) is 10.1 Å². The summed E-state index contributed by atoms with van der Waals surface area (Å²) < 4.78 is 0.952. The number of nitrogens with one attached hydrogen (secondary N) is 1. The summed E-state index contributed by atoms with van der Waals surface area (Å²) in [7, 11) is 0. The Labute approximate surface area is 199 Å². The van der Waals surface area contributed by atoms with Gasteiger partial charge in [0.1, 0.15) is 11.1 Å². The molecule has 1 atom stereocenters. The molecule has 0 bridgehead atoms. The van der Waals surface area contributed by atoms with E-state index >= 15 is 0 Å². The van der Waals surface area contributed by atoms with Gasteiger partial charge in [0.05, 0.1) is 22.3 Å². The Morgan fingerprint density at radius 3 is 2.88 bits per heavy atom. The van der Waals surface area contributed by atoms with Crippen LogP contribution in [0.15, 0.2) is 59.1 Å². The number of anilines is 1. The molecule has 2 aromatic heterocycles. The summed E-state index contributed by atoms with van der Waals surface area (Å²) in [6.07, 6.45) is 2.95. The van der Waals surface area contributed by atoms with Gasteiger partial charge >= 0.3 is 0 Å². The van der Waals surface area contributed by atoms with Gasteiger partial charge in [0.15, 0.2) is 0 Å². The van der Waals surface area contributed by atoms with Crippen LogP contribution in [0.1, 0.15) is 39.7 Å². The van der Waals surface area contributed by atoms with E-state index in [0.717, 1.165) is 51.5 Å². The highest BCUT2D eigenvalue weighted by atomic mass is 79.9. The van der Waals surface area contributed by atoms with Crippen molar-refractivity contribution in [2.45, 2.75) is 26.2 Å². The number of nitriles is 1. The summed E-state index contributed by atoms with van der Waals surface area (Å²) in [5, 5.41) is 14.3. The van der Waals surface area contributed by atoms with E-state index in [-0.39, 0.29) is 5.91 Å². The Kier molecular flexibility index (Phi) is 5.54. The maximum Gasteiger partial charge on any atom is 0.257 e. The maximum absolute atomic E-state index is 13.5. The highest BCUT2D eigenvalue weighted by Crippen LogP contribution is 2.39. The number of amides is 1. The van der Waals surface area contributed by atoms with Crippen molar-refractivity contribution >= 4 is 49.1 Å². The zero-order chi connectivity index (χ0) is 22.2. The molecule has 1 aliphatic rings. The fourth-order valence-electron chi connectivity index (χ4n) is 4.29. The molecule has 0 saturated heterocycles. The lowest BCUT2D eigenvalue weighted by atomic mass is 9.88. The average Bonchev–Trinajstić information content (AvgIpc) is 3.14. The second kappa shape index (κ2) is 8.50. The lowest BCUT2D eigenvalue weighted by molar-refractivity contribution is 0.102. The molecule has 0 saturated carbocycles. The molecule has 158 valence electrons. The summed E-state index contributed by atoms with van der Waals surface area (Å²) in [6.45, 7) is 2.24. The Morgan fingerprint density at radius 2 is 2.06 bits per heavy atom. The van der Waals surface area contributed by atoms with Gasteiger partial charge in [-0.15, -0.1) is 11.3 Å². The Balaban J connectivity index is 1.58. The van der Waals surface area contributed by atoms with Crippen LogP contribution in [0, 0.1) is 17.2 Å². The van der Waals surface area contributed by atoms with Crippen molar-refractivity contribution in [2.24, 2.45) is 5.92 Å². The van der Waals surface area contributed by atoms with Crippen LogP contribution in [0.25, 0.3) is 22.2 Å². The highest BCUT2D eigenvalue weighted by molar-refractivity contribution is 9.10. The Bertz CT molecular complexity index is 1400. The number of hydrogen-bond donors (Lipinski definition) is 1. The number of fused-ring (bicyclic) bond motifs is 2. The lowest BCUT2D eigenvalue weighted by Crippen LogP contribution is -2.13. The predicted octanol–water partition coefficient (Wildman–Crippen LogP) is 6.97. The third-order valence-electron chi connectivity index (χ3n) is 5.93. The molecule has 0 aliphatic heterocycles. The van der Waals surface area contributed by atoms with E-state index in [1.54, 1.807) is 11.3 Å². The molecule has 0 radical (unpaired) electrons. The molecule has 1 aliphatic carbocycles. The molecule has 1 unspecified atom stereocenters. The van der Waals surface area contributed by atoms with Crippen LogP contribution in [0.2, 0.25) is 0 Å². The molecular weight excluding hydrogens is 482 g/mol. The van der Waals surface area contributed by atoms with Gasteiger partial charge in [-0.05, 0) is 55.0 Å². The van der Waals surface area contributed by atoms with Crippen LogP contribution in [-0.4, -0.2) is 10.9 Å². The molecule has 0 fully saturated rings. The summed E-state index contributed by atoms with van der Waals surface area (Å²) in [5.74, 6) is 0.385. The third-order valence-corrected chi connectivity index (χ3v) is 7.59. The molecular formula is C26H20BrN3OS. The van der Waals surface area contributed by atoms with Crippen molar-refractivity contribution in [1.82, 2.24) is 4.98 Å². The van der Waals surface area contributed by atoms with Crippen molar-refractivity contribution in [2.75, 3.05) is 5.32 Å². The number of rotatable bonds is 3. The van der Waals surface area contributed by atoms with Crippen molar-refractivity contribution in [1.29, 1.82) is 5.26 Å². The van der Waals surface area contributed by atoms with Crippen LogP contribution >= 0.6 is 27.3 Å². The molecule has 4 aromatic rings. The fourth-order valence-corrected chi connectivity index (χ4v) is 6.04. The number of nitrogens with zero attached hydrogens (tertiary/aromatic N) is 2. The third kappa shape index (κ3) is 3.83. The van der Waals surface area contributed by atoms with Gasteiger partial charge in [0.25, 0.3) is 5.91 Å². The van der Waals surface area contributed by atoms with E-state index in [0.29, 0.717) is 22.0 Å². The Morgan fingerprint density at radius 1 is 1.22 bits per heavy atom. The maximum atomic E-state index is 13.5. The topological polar surface area (TPSA) is 65.8 Å². The minimum Gasteiger partial charge on any atom is -0.312 e. The van der Waals surface area contributed by atoms with Gasteiger partial charge in [-0.3, -0.25) is 4.79 Å². The van der Waals surface area contributed by atoms with Crippen molar-refractivity contribution < 1.29 is 4.79 Å². The molecule has 4 nitrogen and oxygen atoms in total. The van der Waals surface area contributed by atoms with E-state index in [1.165, 1.54) is 4.88 Å². The number of hydrogen-bond acceptors (Lipinski definition) is 4. The van der Waals surface area contributed by atoms with Crippen LogP contribution in [0.5, 0.6) is 0 Å². The first-order valence-electron chi connectivity index (χ1n) is 10.5. The van der Waals surface area contributed by atoms with Crippen LogP contribution in [0.4, 0.5) is 5.00 Å². The van der Waals surface area contributed by atoms with Gasteiger partial charge in [0.2, 0.25) is 0 Å². The van der Waals surface area contributed by atoms with E-state index in [2.05, 4.69) is 34.2 Å². The lowest BCUT2D eigenvalue weighted by Gasteiger charge is -2.17. The number of benzene rings is 2. The summed E-state index contributed by atoms with van der Waals surface area (Å²) in [4.78, 5) is 19.5. The van der Waals surface area contributed by atoms with Gasteiger partial charge in [-0.25, -0.2) is 4.98 Å². The molecule has 5 rings (SSSR count). The predicted molar refractivity (Wildman–Crippen MR) is 133 cm³/mol. The zero-order valence-corrected chi connectivity index (χ0v) is 19.9. The first-order valence-corrected chi connectivity index (χ1v) is 12.2. The Hall–Kier alpha value is -3.01. The van der Waals surface area contributed by atoms with Gasteiger partial charge in [0, 0.05) is 20.3 Å². The first kappa shape index (κ1) is 20.9. The number of thiophene rings is 1. The quantitative estimate of drug-likeness (QED) is 0.329. The van der Waals surface area contributed by atoms with Gasteiger partial charge in [-0.1, -0.05) is 53.2 Å². The monoisotopic (exact) mass is 501 g/mol. The normalized spacial score (nSPS) is 15.2. The van der Waals surface area contributed by atoms with Crippen molar-refractivity contribution in [3.63, 3.8) is 0 Å². The summed E-state index contributed by atoms with van der Waals surface area (Å²) >= 11 is 5.06. The van der Waals surface area contributed by atoms with Crippen molar-refractivity contribution in [3.05, 3.63) is 80.6 Å². The second-order valence-electron chi connectivity index (χ2n) is 8.20. The number of carbonyl (C=O) groups excluding carboxylic acids is 1. The van der Waals surface area contributed by atoms with E-state index in [1.807, 2.05) is 54.6 Å². The fraction of sp³-hybridized carbons (Fsp3) is 0.192. The number of para-hydroxylation sites is 1. The second-order valence-corrected chi connectivity index (χ2v) is 10.2. The summed E-state index contributed by atoms with van der Waals surface area (Å²) in [5.41, 5.74) is 4.70. The minimum absolute atomic E-state index is 0.219. The van der Waals surface area contributed by atoms with Crippen LogP contribution < -0.4 is 5.32 Å².